The summed E-state index contributed by atoms with van der Waals surface area (Å²) in [6, 6.07) is 9.87. The summed E-state index contributed by atoms with van der Waals surface area (Å²) in [6.45, 7) is 5.78. The number of aromatic nitrogens is 3. The van der Waals surface area contributed by atoms with Gasteiger partial charge in [0.2, 0.25) is 0 Å². The van der Waals surface area contributed by atoms with Gasteiger partial charge in [0.05, 0.1) is 25.3 Å². The second kappa shape index (κ2) is 14.9. The van der Waals surface area contributed by atoms with Crippen molar-refractivity contribution in [2.24, 2.45) is 0 Å². The van der Waals surface area contributed by atoms with Gasteiger partial charge in [0.25, 0.3) is 0 Å². The molecule has 0 bridgehead atoms. The summed E-state index contributed by atoms with van der Waals surface area (Å²) < 4.78 is 44.7. The first kappa shape index (κ1) is 35.7. The Labute approximate surface area is 278 Å². The molecule has 2 aromatic heterocycles. The molecule has 16 heteroatoms. The number of hydrogen-bond donors (Lipinski definition) is 4. The third kappa shape index (κ3) is 7.21. The number of anilines is 1. The number of rotatable bonds is 18. The summed E-state index contributed by atoms with van der Waals surface area (Å²) in [5.41, 5.74) is 3.22. The zero-order valence-electron chi connectivity index (χ0n) is 27.3. The van der Waals surface area contributed by atoms with Gasteiger partial charge in [0, 0.05) is 0 Å². The maximum absolute atomic E-state index is 14.6. The Morgan fingerprint density at radius 1 is 1.08 bits per heavy atom. The van der Waals surface area contributed by atoms with Crippen LogP contribution in [0.25, 0.3) is 5.52 Å². The van der Waals surface area contributed by atoms with Crippen molar-refractivity contribution >= 4 is 31.0 Å². The highest BCUT2D eigenvalue weighted by Crippen LogP contribution is 2.68. The molecule has 5 rings (SSSR count). The zero-order chi connectivity index (χ0) is 34.5. The number of nitrogens with one attached hydrogen (secondary N) is 1. The van der Waals surface area contributed by atoms with Gasteiger partial charge in [-0.25, -0.2) is 14.1 Å². The SMILES string of the molecule is CCCCCOC(=O)C[C@H](N[P@@](=O)(Oc1ccccc1)OC1[C@@]2(C)O[C@@H](c3ccc4c(N)ncnn34)[C@H](O)[C@@]12O)C(=O)OCCCCC. The van der Waals surface area contributed by atoms with Crippen molar-refractivity contribution in [2.75, 3.05) is 18.9 Å². The van der Waals surface area contributed by atoms with E-state index in [0.717, 1.165) is 25.7 Å². The molecule has 3 aromatic rings. The predicted octanol–water partition coefficient (Wildman–Crippen LogP) is 3.63. The maximum Gasteiger partial charge on any atom is 0.459 e. The van der Waals surface area contributed by atoms with Crippen LogP contribution in [-0.4, -0.2) is 79.4 Å². The number of nitrogens with two attached hydrogens (primary N) is 1. The topological polar surface area (TPSA) is 206 Å². The normalized spacial score (nSPS) is 26.4. The Hall–Kier alpha value is -3.59. The molecule has 2 fully saturated rings. The molecule has 15 nitrogen and oxygen atoms in total. The molecule has 1 saturated heterocycles. The van der Waals surface area contributed by atoms with E-state index < -0.39 is 61.7 Å². The number of para-hydroxylation sites is 1. The summed E-state index contributed by atoms with van der Waals surface area (Å²) in [4.78, 5) is 30.0. The van der Waals surface area contributed by atoms with Gasteiger partial charge in [-0.05, 0) is 44.0 Å². The Morgan fingerprint density at radius 3 is 2.42 bits per heavy atom. The van der Waals surface area contributed by atoms with Gasteiger partial charge in [-0.3, -0.25) is 14.1 Å². The van der Waals surface area contributed by atoms with Gasteiger partial charge >= 0.3 is 19.7 Å². The molecule has 5 N–H and O–H groups in total. The first-order valence-electron chi connectivity index (χ1n) is 16.3. The minimum atomic E-state index is -4.63. The minimum Gasteiger partial charge on any atom is -0.466 e. The fraction of sp³-hybridized carbons (Fsp3) is 0.562. The first-order valence-corrected chi connectivity index (χ1v) is 17.8. The molecule has 48 heavy (non-hydrogen) atoms. The molecule has 1 unspecified atom stereocenters. The Bertz CT molecular complexity index is 1630. The number of aliphatic hydroxyl groups is 2. The fourth-order valence-electron chi connectivity index (χ4n) is 5.92. The highest BCUT2D eigenvalue weighted by molar-refractivity contribution is 7.52. The average molecular weight is 690 g/mol. The second-order valence-corrected chi connectivity index (χ2v) is 13.8. The summed E-state index contributed by atoms with van der Waals surface area (Å²) in [5, 5.41) is 29.9. The van der Waals surface area contributed by atoms with Gasteiger partial charge in [0.15, 0.2) is 11.4 Å². The first-order chi connectivity index (χ1) is 23.0. The number of fused-ring (bicyclic) bond motifs is 2. The van der Waals surface area contributed by atoms with Crippen molar-refractivity contribution in [3.8, 4) is 5.75 Å². The van der Waals surface area contributed by atoms with E-state index in [2.05, 4.69) is 15.2 Å². The molecule has 2 aliphatic rings. The number of nitrogen functional groups attached to an aromatic ring is 1. The predicted molar refractivity (Wildman–Crippen MR) is 173 cm³/mol. The highest BCUT2D eigenvalue weighted by atomic mass is 31.2. The molecule has 1 aromatic carbocycles. The van der Waals surface area contributed by atoms with Crippen LogP contribution in [-0.2, 0) is 32.9 Å². The monoisotopic (exact) mass is 689 g/mol. The van der Waals surface area contributed by atoms with Crippen molar-refractivity contribution in [3.05, 3.63) is 54.5 Å². The van der Waals surface area contributed by atoms with E-state index in [-0.39, 0.29) is 24.8 Å². The summed E-state index contributed by atoms with van der Waals surface area (Å²) in [6.07, 6.45) is 1.50. The van der Waals surface area contributed by atoms with Gasteiger partial charge in [0.1, 0.15) is 47.5 Å². The number of carbonyl (C=O) groups excluding carboxylic acids is 2. The average Bonchev–Trinajstić information content (AvgIpc) is 3.32. The molecule has 3 heterocycles. The Morgan fingerprint density at radius 2 is 1.77 bits per heavy atom. The molecule has 0 spiro atoms. The van der Waals surface area contributed by atoms with Gasteiger partial charge < -0.3 is 34.7 Å². The zero-order valence-corrected chi connectivity index (χ0v) is 28.2. The van der Waals surface area contributed by atoms with Crippen molar-refractivity contribution in [1.82, 2.24) is 19.7 Å². The number of aliphatic hydroxyl groups excluding tert-OH is 1. The van der Waals surface area contributed by atoms with Gasteiger partial charge in [-0.15, -0.1) is 0 Å². The summed E-state index contributed by atoms with van der Waals surface area (Å²) in [7, 11) is -4.63. The van der Waals surface area contributed by atoms with Crippen LogP contribution < -0.4 is 15.3 Å². The van der Waals surface area contributed by atoms with E-state index in [4.69, 9.17) is 29.0 Å². The lowest BCUT2D eigenvalue weighted by Gasteiger charge is -2.27. The molecule has 1 aliphatic carbocycles. The maximum atomic E-state index is 14.6. The van der Waals surface area contributed by atoms with E-state index in [0.29, 0.717) is 24.1 Å². The number of carbonyl (C=O) groups is 2. The van der Waals surface area contributed by atoms with Crippen LogP contribution in [0.5, 0.6) is 5.75 Å². The number of ether oxygens (including phenoxy) is 3. The highest BCUT2D eigenvalue weighted by Gasteiger charge is 2.87. The largest absolute Gasteiger partial charge is 0.466 e. The lowest BCUT2D eigenvalue weighted by Crippen LogP contribution is -2.41. The van der Waals surface area contributed by atoms with E-state index in [1.54, 1.807) is 30.3 Å². The minimum absolute atomic E-state index is 0.0912. The van der Waals surface area contributed by atoms with Gasteiger partial charge in [-0.1, -0.05) is 57.7 Å². The van der Waals surface area contributed by atoms with Crippen molar-refractivity contribution in [3.63, 3.8) is 0 Å². The second-order valence-electron chi connectivity index (χ2n) is 12.2. The number of unbranched alkanes of at least 4 members (excludes halogenated alkanes) is 4. The Kier molecular flexibility index (Phi) is 11.1. The molecule has 1 saturated carbocycles. The van der Waals surface area contributed by atoms with Crippen LogP contribution in [0.2, 0.25) is 0 Å². The number of esters is 2. The molecule has 0 amide bonds. The van der Waals surface area contributed by atoms with E-state index in [1.807, 2.05) is 13.8 Å². The standard InChI is InChI=1S/C32H44N5O10P/c1-4-6-11-17-43-25(38)19-22(29(40)44-18-12-7-5-2)36-48(42,46-21-13-9-8-10-14-21)47-30-31(3)32(30,41)27(39)26(45-31)23-15-16-24-28(33)34-20-35-37(23)24/h8-10,13-16,20,22,26-27,30,39,41H,4-7,11-12,17-19H2,1-3H3,(H,36,42)(H2,33,34,35)/t22-,26-,27-,30?,31+,32+,48+/m0/s1. The van der Waals surface area contributed by atoms with Crippen molar-refractivity contribution in [1.29, 1.82) is 0 Å². The number of hydrogen-bond acceptors (Lipinski definition) is 13. The summed E-state index contributed by atoms with van der Waals surface area (Å²) in [5.74, 6) is -1.23. The number of nitrogens with zero attached hydrogens (tertiary/aromatic N) is 3. The van der Waals surface area contributed by atoms with Crippen LogP contribution in [0, 0.1) is 0 Å². The van der Waals surface area contributed by atoms with E-state index >= 15 is 0 Å². The molecular formula is C32H44N5O10P. The molecular weight excluding hydrogens is 645 g/mol. The summed E-state index contributed by atoms with van der Waals surface area (Å²) >= 11 is 0. The smallest absolute Gasteiger partial charge is 0.459 e. The third-order valence-electron chi connectivity index (χ3n) is 8.71. The molecule has 262 valence electrons. The molecule has 1 aliphatic heterocycles. The number of benzene rings is 1. The van der Waals surface area contributed by atoms with Crippen LogP contribution in [0.15, 0.2) is 48.8 Å². The lowest BCUT2D eigenvalue weighted by atomic mass is 10.0. The van der Waals surface area contributed by atoms with Crippen molar-refractivity contribution < 1.29 is 47.6 Å². The Balaban J connectivity index is 1.37. The lowest BCUT2D eigenvalue weighted by molar-refractivity contribution is -0.152. The van der Waals surface area contributed by atoms with Gasteiger partial charge in [-0.2, -0.15) is 10.2 Å². The van der Waals surface area contributed by atoms with E-state index in [1.165, 1.54) is 29.9 Å². The molecule has 7 atom stereocenters. The molecule has 0 radical (unpaired) electrons. The van der Waals surface area contributed by atoms with Crippen LogP contribution in [0.4, 0.5) is 5.82 Å². The van der Waals surface area contributed by atoms with Crippen molar-refractivity contribution in [2.45, 2.75) is 101 Å². The van der Waals surface area contributed by atoms with Crippen LogP contribution in [0.1, 0.15) is 77.5 Å². The fourth-order valence-corrected chi connectivity index (χ4v) is 7.69. The van der Waals surface area contributed by atoms with Crippen LogP contribution in [0.3, 0.4) is 0 Å². The van der Waals surface area contributed by atoms with E-state index in [9.17, 15) is 24.4 Å². The third-order valence-corrected chi connectivity index (χ3v) is 10.3. The van der Waals surface area contributed by atoms with Crippen LogP contribution >= 0.6 is 7.75 Å². The quantitative estimate of drug-likeness (QED) is 0.0855.